The van der Waals surface area contributed by atoms with E-state index in [0.717, 1.165) is 5.56 Å². The minimum absolute atomic E-state index is 0.133. The number of halogens is 5. The Hall–Kier alpha value is -0.450. The lowest BCUT2D eigenvalue weighted by Crippen LogP contribution is -2.46. The van der Waals surface area contributed by atoms with Crippen molar-refractivity contribution in [1.82, 2.24) is 5.32 Å². The van der Waals surface area contributed by atoms with Crippen LogP contribution in [0.2, 0.25) is 10.0 Å². The van der Waals surface area contributed by atoms with Gasteiger partial charge in [0, 0.05) is 6.04 Å². The van der Waals surface area contributed by atoms with Crippen molar-refractivity contribution in [2.75, 3.05) is 0 Å². The lowest BCUT2D eigenvalue weighted by atomic mass is 10.0. The highest BCUT2D eigenvalue weighted by molar-refractivity contribution is 6.42. The van der Waals surface area contributed by atoms with E-state index in [1.807, 2.05) is 6.92 Å². The van der Waals surface area contributed by atoms with Crippen molar-refractivity contribution in [3.8, 4) is 0 Å². The van der Waals surface area contributed by atoms with Gasteiger partial charge in [0.1, 0.15) is 5.54 Å². The first-order valence-electron chi connectivity index (χ1n) is 6.08. The van der Waals surface area contributed by atoms with E-state index in [-0.39, 0.29) is 18.9 Å². The fourth-order valence-electron chi connectivity index (χ4n) is 2.12. The zero-order valence-corrected chi connectivity index (χ0v) is 11.8. The molecular formula is C13H14Cl2F3N. The summed E-state index contributed by atoms with van der Waals surface area (Å²) in [6.45, 7) is 1.84. The van der Waals surface area contributed by atoms with Gasteiger partial charge in [-0.25, -0.2) is 0 Å². The summed E-state index contributed by atoms with van der Waals surface area (Å²) in [5.41, 5.74) is -0.993. The summed E-state index contributed by atoms with van der Waals surface area (Å²) < 4.78 is 38.8. The number of hydrogen-bond acceptors (Lipinski definition) is 1. The molecule has 2 rings (SSSR count). The molecule has 106 valence electrons. The minimum atomic E-state index is -4.21. The van der Waals surface area contributed by atoms with Crippen LogP contribution in [0.1, 0.15) is 37.8 Å². The highest BCUT2D eigenvalue weighted by Gasteiger charge is 2.63. The van der Waals surface area contributed by atoms with Crippen LogP contribution in [-0.4, -0.2) is 11.7 Å². The zero-order valence-electron chi connectivity index (χ0n) is 10.3. The van der Waals surface area contributed by atoms with E-state index in [2.05, 4.69) is 5.32 Å². The molecule has 1 aromatic rings. The van der Waals surface area contributed by atoms with Gasteiger partial charge in [0.05, 0.1) is 10.0 Å². The Bertz CT molecular complexity index is 469. The van der Waals surface area contributed by atoms with E-state index in [1.54, 1.807) is 18.2 Å². The van der Waals surface area contributed by atoms with Gasteiger partial charge in [0.25, 0.3) is 0 Å². The zero-order chi connectivity index (χ0) is 14.3. The summed E-state index contributed by atoms with van der Waals surface area (Å²) in [6.07, 6.45) is -3.39. The Labute approximate surface area is 120 Å². The summed E-state index contributed by atoms with van der Waals surface area (Å²) in [5, 5.41) is 3.49. The number of benzene rings is 1. The first-order valence-corrected chi connectivity index (χ1v) is 6.84. The lowest BCUT2D eigenvalue weighted by molar-refractivity contribution is -0.168. The van der Waals surface area contributed by atoms with Crippen LogP contribution >= 0.6 is 23.2 Å². The first kappa shape index (κ1) is 14.9. The van der Waals surface area contributed by atoms with Crippen LogP contribution in [0.15, 0.2) is 18.2 Å². The molecular weight excluding hydrogens is 298 g/mol. The van der Waals surface area contributed by atoms with Crippen molar-refractivity contribution in [1.29, 1.82) is 0 Å². The van der Waals surface area contributed by atoms with Gasteiger partial charge < -0.3 is 0 Å². The van der Waals surface area contributed by atoms with Gasteiger partial charge in [-0.2, -0.15) is 13.2 Å². The van der Waals surface area contributed by atoms with Gasteiger partial charge in [-0.15, -0.1) is 0 Å². The molecule has 1 aliphatic carbocycles. The van der Waals surface area contributed by atoms with Gasteiger partial charge in [-0.3, -0.25) is 5.32 Å². The third kappa shape index (κ3) is 3.01. The van der Waals surface area contributed by atoms with E-state index in [9.17, 15) is 13.2 Å². The van der Waals surface area contributed by atoms with E-state index in [4.69, 9.17) is 23.2 Å². The fourth-order valence-corrected chi connectivity index (χ4v) is 2.42. The van der Waals surface area contributed by atoms with Crippen molar-refractivity contribution in [2.24, 2.45) is 0 Å². The van der Waals surface area contributed by atoms with Crippen LogP contribution < -0.4 is 5.32 Å². The monoisotopic (exact) mass is 311 g/mol. The molecule has 1 nitrogen and oxygen atoms in total. The quantitative estimate of drug-likeness (QED) is 0.813. The fraction of sp³-hybridized carbons (Fsp3) is 0.538. The molecule has 1 aliphatic rings. The first-order chi connectivity index (χ1) is 8.79. The predicted octanol–water partition coefficient (Wildman–Crippen LogP) is 5.13. The molecule has 19 heavy (non-hydrogen) atoms. The summed E-state index contributed by atoms with van der Waals surface area (Å²) in [7, 11) is 0. The van der Waals surface area contributed by atoms with Crippen LogP contribution in [0.4, 0.5) is 13.2 Å². The molecule has 0 saturated heterocycles. The normalized spacial score (nSPS) is 19.3. The van der Waals surface area contributed by atoms with Crippen LogP contribution in [0.5, 0.6) is 0 Å². The molecule has 0 bridgehead atoms. The highest BCUT2D eigenvalue weighted by Crippen LogP contribution is 2.50. The lowest BCUT2D eigenvalue weighted by Gasteiger charge is -2.27. The summed E-state index contributed by atoms with van der Waals surface area (Å²) in [6, 6.07) is 4.56. The minimum Gasteiger partial charge on any atom is -0.297 e. The van der Waals surface area contributed by atoms with Gasteiger partial charge in [-0.05, 0) is 37.0 Å². The van der Waals surface area contributed by atoms with Crippen molar-refractivity contribution in [2.45, 2.75) is 43.9 Å². The number of rotatable bonds is 4. The Morgan fingerprint density at radius 3 is 2.32 bits per heavy atom. The smallest absolute Gasteiger partial charge is 0.297 e. The second kappa shape index (κ2) is 5.15. The average Bonchev–Trinajstić information content (AvgIpc) is 3.10. The highest BCUT2D eigenvalue weighted by atomic mass is 35.5. The number of alkyl halides is 3. The Morgan fingerprint density at radius 2 is 1.89 bits per heavy atom. The van der Waals surface area contributed by atoms with Crippen LogP contribution in [0, 0.1) is 0 Å². The number of hydrogen-bond donors (Lipinski definition) is 1. The van der Waals surface area contributed by atoms with Crippen LogP contribution in [-0.2, 0) is 0 Å². The predicted molar refractivity (Wildman–Crippen MR) is 70.6 cm³/mol. The van der Waals surface area contributed by atoms with Gasteiger partial charge in [0.2, 0.25) is 0 Å². The molecule has 1 saturated carbocycles. The summed E-state index contributed by atoms with van der Waals surface area (Å²) in [5.74, 6) is 0. The van der Waals surface area contributed by atoms with E-state index >= 15 is 0 Å². The molecule has 0 radical (unpaired) electrons. The van der Waals surface area contributed by atoms with E-state index < -0.39 is 11.7 Å². The molecule has 0 aromatic heterocycles. The van der Waals surface area contributed by atoms with Gasteiger partial charge in [-0.1, -0.05) is 36.2 Å². The van der Waals surface area contributed by atoms with Crippen LogP contribution in [0.25, 0.3) is 0 Å². The van der Waals surface area contributed by atoms with Gasteiger partial charge >= 0.3 is 6.18 Å². The molecule has 0 heterocycles. The maximum atomic E-state index is 12.9. The average molecular weight is 312 g/mol. The van der Waals surface area contributed by atoms with Crippen molar-refractivity contribution >= 4 is 23.2 Å². The molecule has 0 aliphatic heterocycles. The van der Waals surface area contributed by atoms with E-state index in [1.165, 1.54) is 0 Å². The molecule has 1 N–H and O–H groups in total. The molecule has 0 spiro atoms. The Balaban J connectivity index is 2.19. The molecule has 0 amide bonds. The molecule has 1 aromatic carbocycles. The SMILES string of the molecule is CCC(NC1(C(F)(F)F)CC1)c1ccc(Cl)c(Cl)c1. The maximum absolute atomic E-state index is 12.9. The molecule has 1 fully saturated rings. The van der Waals surface area contributed by atoms with Crippen LogP contribution in [0.3, 0.4) is 0 Å². The third-order valence-corrected chi connectivity index (χ3v) is 4.24. The van der Waals surface area contributed by atoms with Gasteiger partial charge in [0.15, 0.2) is 0 Å². The van der Waals surface area contributed by atoms with Crippen molar-refractivity contribution in [3.63, 3.8) is 0 Å². The second-order valence-electron chi connectivity index (χ2n) is 4.86. The number of nitrogens with one attached hydrogen (secondary N) is 1. The second-order valence-corrected chi connectivity index (χ2v) is 5.67. The Morgan fingerprint density at radius 1 is 1.26 bits per heavy atom. The van der Waals surface area contributed by atoms with Crippen molar-refractivity contribution < 1.29 is 13.2 Å². The van der Waals surface area contributed by atoms with E-state index in [0.29, 0.717) is 16.5 Å². The Kier molecular flexibility index (Phi) is 4.05. The maximum Gasteiger partial charge on any atom is 0.406 e. The van der Waals surface area contributed by atoms with Crippen molar-refractivity contribution in [3.05, 3.63) is 33.8 Å². The summed E-state index contributed by atoms with van der Waals surface area (Å²) >= 11 is 11.7. The molecule has 1 atom stereocenters. The molecule has 6 heteroatoms. The third-order valence-electron chi connectivity index (χ3n) is 3.50. The topological polar surface area (TPSA) is 12.0 Å². The standard InChI is InChI=1S/C13H14Cl2F3N/c1-2-11(8-3-4-9(14)10(15)7-8)19-12(5-6-12)13(16,17)18/h3-4,7,11,19H,2,5-6H2,1H3. The molecule has 1 unspecified atom stereocenters. The largest absolute Gasteiger partial charge is 0.406 e. The summed E-state index contributed by atoms with van der Waals surface area (Å²) in [4.78, 5) is 0.